The van der Waals surface area contributed by atoms with Crippen molar-refractivity contribution in [3.8, 4) is 0 Å². The normalized spacial score (nSPS) is 20.7. The fraction of sp³-hybridized carbons (Fsp3) is 0.710. The number of rotatable bonds is 9. The van der Waals surface area contributed by atoms with Crippen LogP contribution >= 0.6 is 0 Å². The SMILES string of the molecule is CB(O)N1CCN[C@@H](C(=O)NCCCn2ccnc2C)C1.CC(C)(C)OC(=O)N1CCN2C(=O)OC(O)[C@H]2C1.Cc1nccn1CCCN. The zero-order chi connectivity index (χ0) is 36.1. The Morgan fingerprint density at radius 2 is 1.71 bits per heavy atom. The molecule has 3 aliphatic rings. The number of amides is 3. The average Bonchev–Trinajstić information content (AvgIpc) is 3.75. The molecule has 3 amide bonds. The van der Waals surface area contributed by atoms with Crippen molar-refractivity contribution in [2.75, 3.05) is 52.4 Å². The van der Waals surface area contributed by atoms with Gasteiger partial charge in [-0.3, -0.25) is 9.69 Å². The Hall–Kier alpha value is -3.71. The molecule has 5 rings (SSSR count). The maximum atomic E-state index is 12.1. The van der Waals surface area contributed by atoms with Crippen molar-refractivity contribution in [1.29, 1.82) is 0 Å². The van der Waals surface area contributed by atoms with Crippen molar-refractivity contribution in [1.82, 2.24) is 44.3 Å². The molecule has 2 aromatic heterocycles. The van der Waals surface area contributed by atoms with Crippen LogP contribution < -0.4 is 16.4 Å². The molecule has 3 atom stereocenters. The van der Waals surface area contributed by atoms with E-state index in [9.17, 15) is 24.5 Å². The second-order valence-electron chi connectivity index (χ2n) is 13.2. The highest BCUT2D eigenvalue weighted by Crippen LogP contribution is 2.23. The molecular formula is C31H55BN10O7. The molecule has 17 nitrogen and oxygen atoms in total. The number of fused-ring (bicyclic) bond motifs is 1. The predicted octanol–water partition coefficient (Wildman–Crippen LogP) is -0.00146. The fourth-order valence-corrected chi connectivity index (χ4v) is 5.44. The molecule has 0 saturated carbocycles. The van der Waals surface area contributed by atoms with Gasteiger partial charge in [-0.2, -0.15) is 0 Å². The van der Waals surface area contributed by atoms with E-state index in [-0.39, 0.29) is 18.5 Å². The summed E-state index contributed by atoms with van der Waals surface area (Å²) in [6.07, 6.45) is 7.27. The number of aryl methyl sites for hydroxylation is 4. The number of imidazole rings is 2. The van der Waals surface area contributed by atoms with Crippen LogP contribution in [0.15, 0.2) is 24.8 Å². The number of aliphatic hydroxyl groups excluding tert-OH is 1. The molecule has 18 heteroatoms. The summed E-state index contributed by atoms with van der Waals surface area (Å²) in [5, 5.41) is 25.3. The number of carbonyl (C=O) groups excluding carboxylic acids is 3. The van der Waals surface area contributed by atoms with Crippen LogP contribution in [-0.4, -0.2) is 145 Å². The molecule has 6 N–H and O–H groups in total. The first kappa shape index (κ1) is 39.7. The molecule has 0 bridgehead atoms. The third-order valence-electron chi connectivity index (χ3n) is 8.23. The molecule has 3 fully saturated rings. The third-order valence-corrected chi connectivity index (χ3v) is 8.23. The molecule has 49 heavy (non-hydrogen) atoms. The molecule has 0 spiro atoms. The van der Waals surface area contributed by atoms with Crippen molar-refractivity contribution in [2.24, 2.45) is 5.73 Å². The summed E-state index contributed by atoms with van der Waals surface area (Å²) < 4.78 is 14.1. The van der Waals surface area contributed by atoms with E-state index in [1.54, 1.807) is 33.8 Å². The van der Waals surface area contributed by atoms with E-state index in [2.05, 4.69) is 29.7 Å². The molecule has 274 valence electrons. The maximum absolute atomic E-state index is 12.1. The first-order valence-corrected chi connectivity index (χ1v) is 16.9. The van der Waals surface area contributed by atoms with Gasteiger partial charge in [-0.1, -0.05) is 0 Å². The van der Waals surface area contributed by atoms with E-state index in [4.69, 9.17) is 15.2 Å². The van der Waals surface area contributed by atoms with Crippen LogP contribution in [0, 0.1) is 13.8 Å². The van der Waals surface area contributed by atoms with Crippen LogP contribution in [0.4, 0.5) is 9.59 Å². The average molecular weight is 691 g/mol. The monoisotopic (exact) mass is 690 g/mol. The van der Waals surface area contributed by atoms with Crippen LogP contribution in [0.2, 0.25) is 6.82 Å². The number of ether oxygens (including phenoxy) is 2. The van der Waals surface area contributed by atoms with Gasteiger partial charge in [0.25, 0.3) is 0 Å². The number of aromatic nitrogens is 4. The van der Waals surface area contributed by atoms with Crippen LogP contribution in [-0.2, 0) is 27.4 Å². The number of hydrogen-bond donors (Lipinski definition) is 5. The summed E-state index contributed by atoms with van der Waals surface area (Å²) in [6.45, 7) is 17.3. The van der Waals surface area contributed by atoms with Crippen molar-refractivity contribution >= 4 is 25.1 Å². The number of carbonyl (C=O) groups is 3. The van der Waals surface area contributed by atoms with E-state index in [1.807, 2.05) is 37.2 Å². The molecular weight excluding hydrogens is 635 g/mol. The van der Waals surface area contributed by atoms with E-state index in [1.165, 1.54) is 9.80 Å². The Labute approximate surface area is 289 Å². The Morgan fingerprint density at radius 1 is 1.08 bits per heavy atom. The highest BCUT2D eigenvalue weighted by Gasteiger charge is 2.45. The van der Waals surface area contributed by atoms with Gasteiger partial charge in [0.05, 0.1) is 12.6 Å². The first-order valence-electron chi connectivity index (χ1n) is 16.9. The number of cyclic esters (lactones) is 1. The molecule has 2 aromatic rings. The standard InChI is InChI=1S/C13H24BN5O2.C11H18N2O5.C7H13N3/c1-11-15-5-8-18(11)7-3-4-17-13(20)12-10-19(14(2)21)9-6-16-12;1-11(2,3)18-9(15)12-4-5-13-7(6-12)8(14)17-10(13)16;1-7-9-4-6-10(7)5-2-3-8/h5,8,12,16,21H,3-4,6-7,9-10H2,1-2H3,(H,17,20);7-8,14H,4-6H2,1-3H3;4,6H,2-3,5,8H2,1H3/t12-;7-,8?;/m11./s1. The minimum absolute atomic E-state index is 0.00250. The summed E-state index contributed by atoms with van der Waals surface area (Å²) >= 11 is 0. The van der Waals surface area contributed by atoms with Crippen LogP contribution in [0.5, 0.6) is 0 Å². The van der Waals surface area contributed by atoms with Crippen molar-refractivity contribution in [3.05, 3.63) is 36.4 Å². The van der Waals surface area contributed by atoms with E-state index in [0.29, 0.717) is 26.2 Å². The van der Waals surface area contributed by atoms with Gasteiger partial charge in [0, 0.05) is 77.1 Å². The summed E-state index contributed by atoms with van der Waals surface area (Å²) in [5.74, 6) is 2.05. The van der Waals surface area contributed by atoms with Crippen molar-refractivity contribution in [2.45, 2.75) is 91.3 Å². The van der Waals surface area contributed by atoms with Crippen LogP contribution in [0.1, 0.15) is 45.3 Å². The van der Waals surface area contributed by atoms with Gasteiger partial charge in [0.2, 0.25) is 12.2 Å². The number of aliphatic hydroxyl groups is 1. The largest absolute Gasteiger partial charge is 0.444 e. The van der Waals surface area contributed by atoms with E-state index >= 15 is 0 Å². The summed E-state index contributed by atoms with van der Waals surface area (Å²) in [4.78, 5) is 48.4. The highest BCUT2D eigenvalue weighted by atomic mass is 16.7. The van der Waals surface area contributed by atoms with Crippen molar-refractivity contribution in [3.63, 3.8) is 0 Å². The smallest absolute Gasteiger partial charge is 0.412 e. The van der Waals surface area contributed by atoms with Gasteiger partial charge in [-0.25, -0.2) is 19.6 Å². The lowest BCUT2D eigenvalue weighted by atomic mass is 9.83. The molecule has 0 aliphatic carbocycles. The fourth-order valence-electron chi connectivity index (χ4n) is 5.44. The summed E-state index contributed by atoms with van der Waals surface area (Å²) in [5.41, 5.74) is 4.80. The topological polar surface area (TPSA) is 206 Å². The molecule has 1 unspecified atom stereocenters. The number of nitrogens with one attached hydrogen (secondary N) is 2. The molecule has 0 aromatic carbocycles. The zero-order valence-corrected chi connectivity index (χ0v) is 29.7. The minimum atomic E-state index is -1.18. The second kappa shape index (κ2) is 18.9. The van der Waals surface area contributed by atoms with Gasteiger partial charge in [0.15, 0.2) is 0 Å². The second-order valence-corrected chi connectivity index (χ2v) is 13.2. The quantitative estimate of drug-likeness (QED) is 0.174. The zero-order valence-electron chi connectivity index (χ0n) is 29.7. The predicted molar refractivity (Wildman–Crippen MR) is 183 cm³/mol. The van der Waals surface area contributed by atoms with E-state index < -0.39 is 37.2 Å². The Morgan fingerprint density at radius 3 is 2.27 bits per heavy atom. The van der Waals surface area contributed by atoms with Crippen LogP contribution in [0.3, 0.4) is 0 Å². The Balaban J connectivity index is 0.000000211. The summed E-state index contributed by atoms with van der Waals surface area (Å²) in [7, 11) is -0.508. The van der Waals surface area contributed by atoms with Crippen LogP contribution in [0.25, 0.3) is 0 Å². The number of nitrogens with two attached hydrogens (primary N) is 1. The summed E-state index contributed by atoms with van der Waals surface area (Å²) in [6, 6.07) is -0.748. The lowest BCUT2D eigenvalue weighted by Crippen LogP contribution is -2.59. The van der Waals surface area contributed by atoms with Crippen molar-refractivity contribution < 1.29 is 34.0 Å². The van der Waals surface area contributed by atoms with E-state index in [0.717, 1.165) is 57.2 Å². The first-order chi connectivity index (χ1) is 23.2. The van der Waals surface area contributed by atoms with Gasteiger partial charge < -0.3 is 54.8 Å². The molecule has 3 aliphatic heterocycles. The van der Waals surface area contributed by atoms with Gasteiger partial charge in [0.1, 0.15) is 23.3 Å². The maximum Gasteiger partial charge on any atom is 0.412 e. The molecule has 3 saturated heterocycles. The Bertz CT molecular complexity index is 1330. The highest BCUT2D eigenvalue weighted by molar-refractivity contribution is 6.45. The number of hydrogen-bond acceptors (Lipinski definition) is 12. The third kappa shape index (κ3) is 12.6. The van der Waals surface area contributed by atoms with Gasteiger partial charge in [-0.15, -0.1) is 0 Å². The number of nitrogens with zero attached hydrogens (tertiary/aromatic N) is 7. The Kier molecular flexibility index (Phi) is 15.3. The minimum Gasteiger partial charge on any atom is -0.444 e. The molecule has 5 heterocycles. The molecule has 0 radical (unpaired) electrons. The lowest BCUT2D eigenvalue weighted by molar-refractivity contribution is -0.123. The van der Waals surface area contributed by atoms with Gasteiger partial charge in [-0.05, 0) is 60.8 Å². The lowest BCUT2D eigenvalue weighted by Gasteiger charge is -2.36. The number of piperazine rings is 2. The van der Waals surface area contributed by atoms with Gasteiger partial charge >= 0.3 is 19.2 Å².